The summed E-state index contributed by atoms with van der Waals surface area (Å²) in [5, 5.41) is 46.6. The summed E-state index contributed by atoms with van der Waals surface area (Å²) in [6.45, 7) is 3.62. The summed E-state index contributed by atoms with van der Waals surface area (Å²) in [6, 6.07) is 11.3. The Kier molecular flexibility index (Phi) is 15.6. The minimum Gasteiger partial charge on any atom is -0.444 e. The van der Waals surface area contributed by atoms with E-state index in [1.54, 1.807) is 32.0 Å². The first-order chi connectivity index (χ1) is 27.9. The number of nitrogens with one attached hydrogen (secondary N) is 3. The number of ether oxygens (including phenoxy) is 4. The molecule has 0 saturated carbocycles. The predicted molar refractivity (Wildman–Crippen MR) is 215 cm³/mol. The average Bonchev–Trinajstić information content (AvgIpc) is 3.83. The maximum Gasteiger partial charge on any atom is 0.407 e. The summed E-state index contributed by atoms with van der Waals surface area (Å²) < 4.78 is 21.8. The Bertz CT molecular complexity index is 2100. The normalized spacial score (nSPS) is 16.6. The van der Waals surface area contributed by atoms with E-state index in [9.17, 15) is 39.6 Å². The molecular weight excluding hydrogens is 774 g/mol. The van der Waals surface area contributed by atoms with Crippen LogP contribution in [-0.2, 0) is 43.6 Å². The number of carbonyl (C=O) groups is 4. The molecule has 15 nitrogen and oxygen atoms in total. The van der Waals surface area contributed by atoms with Crippen molar-refractivity contribution in [3.05, 3.63) is 76.0 Å². The number of benzene rings is 3. The van der Waals surface area contributed by atoms with Gasteiger partial charge in [-0.25, -0.2) is 9.59 Å². The van der Waals surface area contributed by atoms with E-state index in [0.717, 1.165) is 10.9 Å². The minimum atomic E-state index is -1.06. The molecule has 5 atom stereocenters. The molecule has 314 valence electrons. The van der Waals surface area contributed by atoms with E-state index in [1.165, 1.54) is 7.11 Å². The Hall–Kier alpha value is -4.61. The molecule has 5 rings (SSSR count). The highest BCUT2D eigenvalue weighted by atomic mass is 35.5. The fourth-order valence-corrected chi connectivity index (χ4v) is 7.73. The zero-order valence-electron chi connectivity index (χ0n) is 33.0. The summed E-state index contributed by atoms with van der Waals surface area (Å²) in [7, 11) is 1.38. The molecule has 7 N–H and O–H groups in total. The van der Waals surface area contributed by atoms with Gasteiger partial charge in [0, 0.05) is 48.2 Å². The van der Waals surface area contributed by atoms with Crippen LogP contribution in [0.5, 0.6) is 5.75 Å². The number of methoxy groups -OCH3 is 1. The lowest BCUT2D eigenvalue weighted by atomic mass is 9.92. The molecule has 16 heteroatoms. The predicted octanol–water partition coefficient (Wildman–Crippen LogP) is 4.41. The van der Waals surface area contributed by atoms with Gasteiger partial charge in [0.2, 0.25) is 5.91 Å². The number of alkyl carbamates (subject to hydrolysis) is 1. The lowest BCUT2D eigenvalue weighted by molar-refractivity contribution is -0.181. The molecule has 0 saturated heterocycles. The van der Waals surface area contributed by atoms with Gasteiger partial charge in [0.05, 0.1) is 43.7 Å². The Morgan fingerprint density at radius 3 is 2.33 bits per heavy atom. The number of esters is 1. The molecule has 3 unspecified atom stereocenters. The number of aromatic nitrogens is 1. The number of alkyl halides is 1. The Morgan fingerprint density at radius 2 is 1.71 bits per heavy atom. The third-order valence-electron chi connectivity index (χ3n) is 10.6. The van der Waals surface area contributed by atoms with Crippen molar-refractivity contribution in [1.82, 2.24) is 15.6 Å². The number of fused-ring (bicyclic) bond motifs is 4. The fraction of sp³-hybridized carbons (Fsp3) is 0.476. The van der Waals surface area contributed by atoms with Gasteiger partial charge in [-0.15, -0.1) is 11.6 Å². The van der Waals surface area contributed by atoms with Crippen LogP contribution in [0.3, 0.4) is 0 Å². The van der Waals surface area contributed by atoms with E-state index in [2.05, 4.69) is 15.6 Å². The van der Waals surface area contributed by atoms with Crippen molar-refractivity contribution < 1.29 is 58.6 Å². The molecule has 1 aromatic heterocycles. The van der Waals surface area contributed by atoms with Gasteiger partial charge in [0.25, 0.3) is 0 Å². The zero-order chi connectivity index (χ0) is 42.1. The number of aromatic amines is 1. The smallest absolute Gasteiger partial charge is 0.407 e. The monoisotopic (exact) mass is 825 g/mol. The molecule has 1 aliphatic carbocycles. The van der Waals surface area contributed by atoms with Gasteiger partial charge in [-0.3, -0.25) is 9.59 Å². The molecule has 4 aromatic rings. The summed E-state index contributed by atoms with van der Waals surface area (Å²) in [4.78, 5) is 56.6. The second-order valence-electron chi connectivity index (χ2n) is 14.5. The first kappa shape index (κ1) is 44.5. The van der Waals surface area contributed by atoms with Crippen LogP contribution in [0, 0.1) is 5.92 Å². The van der Waals surface area contributed by atoms with Crippen molar-refractivity contribution in [2.24, 2.45) is 5.92 Å². The van der Waals surface area contributed by atoms with E-state index in [1.807, 2.05) is 31.2 Å². The largest absolute Gasteiger partial charge is 0.444 e. The summed E-state index contributed by atoms with van der Waals surface area (Å²) in [6.07, 6.45) is -1.41. The van der Waals surface area contributed by atoms with E-state index in [-0.39, 0.29) is 67.7 Å². The highest BCUT2D eigenvalue weighted by molar-refractivity contribution is 6.19. The Labute approximate surface area is 340 Å². The Morgan fingerprint density at radius 1 is 0.983 bits per heavy atom. The number of carbonyl (C=O) groups excluding carboxylic acids is 4. The molecule has 0 aliphatic heterocycles. The SMILES string of the molecule is CCC(CO)OC(COC(=O)NCCC(=O)N[C@H](C(=O)Oc1cc2c(c3ccccc13)[C@H](CCl)CC2C(=O)c1cc2cc(CO)c(CO)c(CO)c2[nH]1)C(C)C)OC. The number of aliphatic hydroxyl groups is 4. The number of Topliss-reactive ketones (excluding diaryl/α,β-unsaturated/α-hetero) is 1. The quantitative estimate of drug-likeness (QED) is 0.0216. The average molecular weight is 826 g/mol. The number of amides is 2. The molecule has 0 spiro atoms. The highest BCUT2D eigenvalue weighted by Gasteiger charge is 2.39. The van der Waals surface area contributed by atoms with Gasteiger partial charge in [0.15, 0.2) is 12.1 Å². The van der Waals surface area contributed by atoms with Gasteiger partial charge in [-0.1, -0.05) is 45.0 Å². The van der Waals surface area contributed by atoms with Crippen LogP contribution in [-0.4, -0.2) is 100 Å². The second-order valence-corrected chi connectivity index (χ2v) is 14.8. The maximum atomic E-state index is 14.4. The molecule has 1 heterocycles. The van der Waals surface area contributed by atoms with Crippen molar-refractivity contribution >= 4 is 57.0 Å². The fourth-order valence-electron chi connectivity index (χ4n) is 7.45. The number of halogens is 1. The van der Waals surface area contributed by atoms with E-state index in [0.29, 0.717) is 51.4 Å². The van der Waals surface area contributed by atoms with Crippen molar-refractivity contribution in [1.29, 1.82) is 0 Å². The van der Waals surface area contributed by atoms with Crippen LogP contribution < -0.4 is 15.4 Å². The number of H-pyrrole nitrogens is 1. The van der Waals surface area contributed by atoms with Crippen LogP contribution in [0.1, 0.15) is 90.2 Å². The van der Waals surface area contributed by atoms with Crippen molar-refractivity contribution in [3.8, 4) is 5.75 Å². The lowest BCUT2D eigenvalue weighted by Gasteiger charge is -2.22. The van der Waals surface area contributed by atoms with Crippen LogP contribution >= 0.6 is 11.6 Å². The zero-order valence-corrected chi connectivity index (χ0v) is 33.8. The van der Waals surface area contributed by atoms with Crippen molar-refractivity contribution in [2.45, 2.75) is 90.1 Å². The topological polar surface area (TPSA) is 226 Å². The molecule has 58 heavy (non-hydrogen) atoms. The van der Waals surface area contributed by atoms with Gasteiger partial charge >= 0.3 is 12.1 Å². The van der Waals surface area contributed by atoms with Gasteiger partial charge in [-0.05, 0) is 70.5 Å². The van der Waals surface area contributed by atoms with Crippen LogP contribution in [0.15, 0.2) is 42.5 Å². The first-order valence-electron chi connectivity index (χ1n) is 19.3. The molecule has 0 fully saturated rings. The third-order valence-corrected chi connectivity index (χ3v) is 10.9. The number of hydrogen-bond donors (Lipinski definition) is 7. The van der Waals surface area contributed by atoms with Crippen molar-refractivity contribution in [3.63, 3.8) is 0 Å². The van der Waals surface area contributed by atoms with E-state index >= 15 is 0 Å². The number of rotatable bonds is 20. The van der Waals surface area contributed by atoms with Crippen LogP contribution in [0.2, 0.25) is 0 Å². The highest BCUT2D eigenvalue weighted by Crippen LogP contribution is 2.49. The number of ketones is 1. The van der Waals surface area contributed by atoms with E-state index in [4.69, 9.17) is 30.5 Å². The molecule has 3 aromatic carbocycles. The van der Waals surface area contributed by atoms with E-state index < -0.39 is 55.5 Å². The maximum absolute atomic E-state index is 14.4. The summed E-state index contributed by atoms with van der Waals surface area (Å²) in [5.74, 6) is -2.30. The number of hydrogen-bond acceptors (Lipinski definition) is 12. The van der Waals surface area contributed by atoms with Gasteiger partial charge in [0.1, 0.15) is 18.4 Å². The summed E-state index contributed by atoms with van der Waals surface area (Å²) in [5.41, 5.74) is 3.50. The Balaban J connectivity index is 1.32. The second kappa shape index (κ2) is 20.4. The molecule has 2 amide bonds. The lowest BCUT2D eigenvalue weighted by Crippen LogP contribution is -2.47. The molecule has 0 bridgehead atoms. The van der Waals surface area contributed by atoms with Gasteiger partial charge < -0.3 is 55.0 Å². The van der Waals surface area contributed by atoms with Crippen molar-refractivity contribution in [2.75, 3.05) is 32.7 Å². The standard InChI is InChI=1S/C42H52ClN3O12/c1-5-26(18-48)57-36(55-4)21-56-42(54)44-11-10-35(51)46-38(22(2)3)41(53)58-34-15-29-30(13-24(16-43)37(29)28-9-7-6-8-27(28)34)40(52)33-14-23-12-25(17-47)31(19-49)32(20-50)39(23)45-33/h6-9,12,14-15,22,24,26,30,36,38,45,47-50H,5,10-11,13,16-21H2,1-4H3,(H,44,54)(H,46,51)/t24-,26?,30?,36?,38-/m0/s1. The molecular formula is C42H52ClN3O12. The molecule has 1 aliphatic rings. The minimum absolute atomic E-state index is 0.0905. The third kappa shape index (κ3) is 9.80. The van der Waals surface area contributed by atoms with Crippen LogP contribution in [0.25, 0.3) is 21.7 Å². The number of aliphatic hydroxyl groups excluding tert-OH is 4. The van der Waals surface area contributed by atoms with Gasteiger partial charge in [-0.2, -0.15) is 0 Å². The van der Waals surface area contributed by atoms with Crippen LogP contribution in [0.4, 0.5) is 4.79 Å². The summed E-state index contributed by atoms with van der Waals surface area (Å²) >= 11 is 6.52. The molecule has 0 radical (unpaired) electrons. The first-order valence-corrected chi connectivity index (χ1v) is 19.8.